The first-order chi connectivity index (χ1) is 9.52. The summed E-state index contributed by atoms with van der Waals surface area (Å²) in [6.07, 6.45) is 1.61. The fourth-order valence-electron chi connectivity index (χ4n) is 1.68. The molecule has 1 aromatic heterocycles. The second kappa shape index (κ2) is 9.16. The van der Waals surface area contributed by atoms with Gasteiger partial charge in [0, 0.05) is 25.4 Å². The van der Waals surface area contributed by atoms with Crippen molar-refractivity contribution in [3.8, 4) is 5.88 Å². The zero-order valence-electron chi connectivity index (χ0n) is 12.8. The van der Waals surface area contributed by atoms with Crippen LogP contribution in [-0.2, 0) is 11.3 Å². The summed E-state index contributed by atoms with van der Waals surface area (Å²) < 4.78 is 11.0. The summed E-state index contributed by atoms with van der Waals surface area (Å²) in [4.78, 5) is 4.19. The van der Waals surface area contributed by atoms with Crippen molar-refractivity contribution in [1.82, 2.24) is 10.3 Å². The molecule has 4 nitrogen and oxygen atoms in total. The Labute approximate surface area is 126 Å². The van der Waals surface area contributed by atoms with Crippen molar-refractivity contribution in [3.63, 3.8) is 0 Å². The van der Waals surface area contributed by atoms with Gasteiger partial charge in [-0.05, 0) is 31.9 Å². The second-order valence-corrected chi connectivity index (χ2v) is 5.63. The van der Waals surface area contributed by atoms with Crippen molar-refractivity contribution in [2.45, 2.75) is 40.3 Å². The van der Waals surface area contributed by atoms with Gasteiger partial charge in [0.1, 0.15) is 6.10 Å². The van der Waals surface area contributed by atoms with E-state index in [1.807, 2.05) is 19.9 Å². The molecule has 0 spiro atoms. The predicted octanol–water partition coefficient (Wildman–Crippen LogP) is 3.28. The molecule has 1 atom stereocenters. The van der Waals surface area contributed by atoms with Crippen molar-refractivity contribution < 1.29 is 9.47 Å². The van der Waals surface area contributed by atoms with Gasteiger partial charge in [-0.3, -0.25) is 0 Å². The maximum Gasteiger partial charge on any atom is 0.213 e. The number of hydrogen-bond donors (Lipinski definition) is 1. The molecule has 0 bridgehead atoms. The van der Waals surface area contributed by atoms with Crippen LogP contribution in [0.15, 0.2) is 12.3 Å². The van der Waals surface area contributed by atoms with Crippen LogP contribution in [0, 0.1) is 5.92 Å². The standard InChI is InChI=1S/C15H25ClN2O2/c1-5-19-10-12(4)20-15-6-13(14(16)9-18-15)8-17-7-11(2)3/h6,9,11-12,17H,5,7-8,10H2,1-4H3. The minimum absolute atomic E-state index is 0.0277. The van der Waals surface area contributed by atoms with Gasteiger partial charge in [-0.2, -0.15) is 0 Å². The Kier molecular flexibility index (Phi) is 7.88. The molecule has 0 amide bonds. The lowest BCUT2D eigenvalue weighted by Gasteiger charge is -2.15. The van der Waals surface area contributed by atoms with E-state index in [1.54, 1.807) is 6.20 Å². The van der Waals surface area contributed by atoms with E-state index >= 15 is 0 Å². The molecule has 1 N–H and O–H groups in total. The summed E-state index contributed by atoms with van der Waals surface area (Å²) in [5, 5.41) is 4.02. The molecule has 0 aliphatic heterocycles. The average Bonchev–Trinajstić information content (AvgIpc) is 2.39. The highest BCUT2D eigenvalue weighted by Crippen LogP contribution is 2.20. The lowest BCUT2D eigenvalue weighted by Crippen LogP contribution is -2.21. The Morgan fingerprint density at radius 1 is 1.35 bits per heavy atom. The Hall–Kier alpha value is -0.840. The summed E-state index contributed by atoms with van der Waals surface area (Å²) in [7, 11) is 0. The minimum Gasteiger partial charge on any atom is -0.472 e. The summed E-state index contributed by atoms with van der Waals surface area (Å²) in [5.74, 6) is 1.19. The van der Waals surface area contributed by atoms with Crippen molar-refractivity contribution in [1.29, 1.82) is 0 Å². The molecule has 1 unspecified atom stereocenters. The molecule has 20 heavy (non-hydrogen) atoms. The maximum atomic E-state index is 6.15. The van der Waals surface area contributed by atoms with Crippen LogP contribution in [0.5, 0.6) is 5.88 Å². The third kappa shape index (κ3) is 6.55. The van der Waals surface area contributed by atoms with E-state index in [-0.39, 0.29) is 6.10 Å². The Morgan fingerprint density at radius 2 is 2.10 bits per heavy atom. The van der Waals surface area contributed by atoms with Crippen LogP contribution in [0.3, 0.4) is 0 Å². The number of hydrogen-bond acceptors (Lipinski definition) is 4. The van der Waals surface area contributed by atoms with Gasteiger partial charge in [0.05, 0.1) is 11.6 Å². The van der Waals surface area contributed by atoms with Crippen molar-refractivity contribution in [2.75, 3.05) is 19.8 Å². The molecule has 1 heterocycles. The number of aromatic nitrogens is 1. The number of halogens is 1. The Morgan fingerprint density at radius 3 is 2.75 bits per heavy atom. The van der Waals surface area contributed by atoms with Crippen LogP contribution in [-0.4, -0.2) is 30.8 Å². The van der Waals surface area contributed by atoms with Crippen LogP contribution in [0.25, 0.3) is 0 Å². The molecule has 0 fully saturated rings. The van der Waals surface area contributed by atoms with Crippen LogP contribution < -0.4 is 10.1 Å². The van der Waals surface area contributed by atoms with E-state index in [0.717, 1.165) is 18.7 Å². The first-order valence-corrected chi connectivity index (χ1v) is 7.50. The van der Waals surface area contributed by atoms with E-state index in [9.17, 15) is 0 Å². The van der Waals surface area contributed by atoms with Crippen molar-refractivity contribution in [3.05, 3.63) is 22.8 Å². The highest BCUT2D eigenvalue weighted by molar-refractivity contribution is 6.31. The highest BCUT2D eigenvalue weighted by atomic mass is 35.5. The van der Waals surface area contributed by atoms with Gasteiger partial charge in [-0.15, -0.1) is 0 Å². The number of pyridine rings is 1. The van der Waals surface area contributed by atoms with E-state index < -0.39 is 0 Å². The summed E-state index contributed by atoms with van der Waals surface area (Å²) in [5.41, 5.74) is 1.00. The first kappa shape index (κ1) is 17.2. The Bertz CT molecular complexity index is 399. The molecule has 1 rings (SSSR count). The number of ether oxygens (including phenoxy) is 2. The van der Waals surface area contributed by atoms with Gasteiger partial charge >= 0.3 is 0 Å². The molecule has 114 valence electrons. The summed E-state index contributed by atoms with van der Waals surface area (Å²) >= 11 is 6.15. The van der Waals surface area contributed by atoms with Gasteiger partial charge in [0.25, 0.3) is 0 Å². The summed E-state index contributed by atoms with van der Waals surface area (Å²) in [6, 6.07) is 1.89. The molecule has 0 saturated carbocycles. The smallest absolute Gasteiger partial charge is 0.213 e. The lowest BCUT2D eigenvalue weighted by atomic mass is 10.2. The average molecular weight is 301 g/mol. The van der Waals surface area contributed by atoms with Gasteiger partial charge in [-0.25, -0.2) is 4.98 Å². The van der Waals surface area contributed by atoms with Crippen LogP contribution in [0.1, 0.15) is 33.3 Å². The molecule has 0 aliphatic carbocycles. The van der Waals surface area contributed by atoms with E-state index in [2.05, 4.69) is 24.1 Å². The van der Waals surface area contributed by atoms with Gasteiger partial charge in [0.2, 0.25) is 5.88 Å². The molecular weight excluding hydrogens is 276 g/mol. The van der Waals surface area contributed by atoms with Crippen LogP contribution in [0.2, 0.25) is 5.02 Å². The topological polar surface area (TPSA) is 43.4 Å². The molecule has 1 aromatic rings. The molecule has 0 radical (unpaired) electrons. The van der Waals surface area contributed by atoms with E-state index in [0.29, 0.717) is 30.0 Å². The molecular formula is C15H25ClN2O2. The molecule has 0 aliphatic rings. The predicted molar refractivity (Wildman–Crippen MR) is 82.4 cm³/mol. The fraction of sp³-hybridized carbons (Fsp3) is 0.667. The van der Waals surface area contributed by atoms with Gasteiger partial charge < -0.3 is 14.8 Å². The largest absolute Gasteiger partial charge is 0.472 e. The zero-order valence-corrected chi connectivity index (χ0v) is 13.5. The quantitative estimate of drug-likeness (QED) is 0.760. The molecule has 0 saturated heterocycles. The first-order valence-electron chi connectivity index (χ1n) is 7.12. The van der Waals surface area contributed by atoms with Gasteiger partial charge in [-0.1, -0.05) is 25.4 Å². The van der Waals surface area contributed by atoms with Gasteiger partial charge in [0.15, 0.2) is 0 Å². The molecule has 0 aromatic carbocycles. The zero-order chi connectivity index (χ0) is 15.0. The number of nitrogens with zero attached hydrogens (tertiary/aromatic N) is 1. The second-order valence-electron chi connectivity index (χ2n) is 5.23. The van der Waals surface area contributed by atoms with E-state index in [1.165, 1.54) is 0 Å². The van der Waals surface area contributed by atoms with E-state index in [4.69, 9.17) is 21.1 Å². The number of rotatable bonds is 9. The Balaban J connectivity index is 2.56. The van der Waals surface area contributed by atoms with Crippen LogP contribution in [0.4, 0.5) is 0 Å². The van der Waals surface area contributed by atoms with Crippen molar-refractivity contribution >= 4 is 11.6 Å². The lowest BCUT2D eigenvalue weighted by molar-refractivity contribution is 0.0633. The monoisotopic (exact) mass is 300 g/mol. The third-order valence-electron chi connectivity index (χ3n) is 2.66. The number of nitrogens with one attached hydrogen (secondary N) is 1. The fourth-order valence-corrected chi connectivity index (χ4v) is 1.85. The third-order valence-corrected chi connectivity index (χ3v) is 3.00. The van der Waals surface area contributed by atoms with Crippen molar-refractivity contribution in [2.24, 2.45) is 5.92 Å². The van der Waals surface area contributed by atoms with Crippen LogP contribution >= 0.6 is 11.6 Å². The normalized spacial score (nSPS) is 12.7. The summed E-state index contributed by atoms with van der Waals surface area (Å²) in [6.45, 7) is 11.2. The SMILES string of the molecule is CCOCC(C)Oc1cc(CNCC(C)C)c(Cl)cn1. The molecule has 5 heteroatoms. The maximum absolute atomic E-state index is 6.15. The highest BCUT2D eigenvalue weighted by Gasteiger charge is 2.08. The minimum atomic E-state index is -0.0277.